The highest BCUT2D eigenvalue weighted by atomic mass is 16.5. The van der Waals surface area contributed by atoms with Crippen LogP contribution in [0.15, 0.2) is 18.3 Å². The van der Waals surface area contributed by atoms with Gasteiger partial charge >= 0.3 is 0 Å². The van der Waals surface area contributed by atoms with Gasteiger partial charge < -0.3 is 10.1 Å². The average Bonchev–Trinajstić information content (AvgIpc) is 3.23. The maximum absolute atomic E-state index is 12.5. The van der Waals surface area contributed by atoms with Gasteiger partial charge in [0.15, 0.2) is 0 Å². The number of rotatable bonds is 3. The molecule has 0 radical (unpaired) electrons. The predicted octanol–water partition coefficient (Wildman–Crippen LogP) is 2.28. The third-order valence-electron chi connectivity index (χ3n) is 5.82. The summed E-state index contributed by atoms with van der Waals surface area (Å²) in [6.07, 6.45) is 8.02. The zero-order valence-corrected chi connectivity index (χ0v) is 13.1. The maximum atomic E-state index is 12.5. The van der Waals surface area contributed by atoms with E-state index in [1.54, 1.807) is 12.1 Å². The van der Waals surface area contributed by atoms with Crippen molar-refractivity contribution in [1.29, 1.82) is 5.26 Å². The van der Waals surface area contributed by atoms with E-state index in [1.165, 1.54) is 31.9 Å². The molecule has 1 aromatic rings. The third kappa shape index (κ3) is 2.51. The van der Waals surface area contributed by atoms with Crippen molar-refractivity contribution in [2.75, 3.05) is 6.61 Å². The number of aromatic nitrogens is 1. The van der Waals surface area contributed by atoms with Crippen LogP contribution in [0.5, 0.6) is 0 Å². The summed E-state index contributed by atoms with van der Waals surface area (Å²) in [6, 6.07) is 5.46. The van der Waals surface area contributed by atoms with Crippen LogP contribution in [-0.2, 0) is 4.74 Å². The third-order valence-corrected chi connectivity index (χ3v) is 5.82. The van der Waals surface area contributed by atoms with Gasteiger partial charge in [0.1, 0.15) is 11.8 Å². The van der Waals surface area contributed by atoms with Crippen LogP contribution in [0.2, 0.25) is 0 Å². The monoisotopic (exact) mass is 311 g/mol. The Kier molecular flexibility index (Phi) is 3.78. The van der Waals surface area contributed by atoms with Crippen LogP contribution in [-0.4, -0.2) is 29.6 Å². The first-order valence-corrected chi connectivity index (χ1v) is 8.56. The number of ether oxygens (including phenoxy) is 1. The number of nitriles is 1. The van der Waals surface area contributed by atoms with E-state index in [0.717, 1.165) is 13.0 Å². The molecule has 1 N–H and O–H groups in total. The van der Waals surface area contributed by atoms with E-state index < -0.39 is 0 Å². The summed E-state index contributed by atoms with van der Waals surface area (Å²) in [5, 5.41) is 12.0. The number of fused-ring (bicyclic) bond motifs is 1. The van der Waals surface area contributed by atoms with Crippen LogP contribution in [0, 0.1) is 29.1 Å². The molecule has 2 aliphatic carbocycles. The summed E-state index contributed by atoms with van der Waals surface area (Å²) in [6.45, 7) is 0.823. The second-order valence-corrected chi connectivity index (χ2v) is 6.95. The lowest BCUT2D eigenvalue weighted by atomic mass is 9.61. The lowest BCUT2D eigenvalue weighted by Crippen LogP contribution is -2.63. The first kappa shape index (κ1) is 14.6. The molecular formula is C18H21N3O2. The molecule has 1 amide bonds. The number of carbonyl (C=O) groups excluding carboxylic acids is 1. The molecule has 5 heteroatoms. The Hall–Kier alpha value is -1.93. The van der Waals surface area contributed by atoms with Crippen LogP contribution in [0.1, 0.15) is 48.2 Å². The Morgan fingerprint density at radius 1 is 1.30 bits per heavy atom. The van der Waals surface area contributed by atoms with Gasteiger partial charge in [-0.05, 0) is 24.5 Å². The molecule has 120 valence electrons. The highest BCUT2D eigenvalue weighted by Gasteiger charge is 2.57. The van der Waals surface area contributed by atoms with Crippen LogP contribution in [0.25, 0.3) is 0 Å². The first-order chi connectivity index (χ1) is 11.3. The van der Waals surface area contributed by atoms with Gasteiger partial charge in [-0.1, -0.05) is 25.7 Å². The van der Waals surface area contributed by atoms with Crippen molar-refractivity contribution in [1.82, 2.24) is 10.3 Å². The Bertz CT molecular complexity index is 626. The van der Waals surface area contributed by atoms with E-state index in [4.69, 9.17) is 10.00 Å². The molecule has 5 nitrogen and oxygen atoms in total. The van der Waals surface area contributed by atoms with Gasteiger partial charge in [-0.2, -0.15) is 5.26 Å². The zero-order valence-electron chi connectivity index (χ0n) is 13.1. The predicted molar refractivity (Wildman–Crippen MR) is 83.5 cm³/mol. The van der Waals surface area contributed by atoms with Crippen molar-refractivity contribution >= 4 is 5.91 Å². The van der Waals surface area contributed by atoms with Crippen molar-refractivity contribution in [3.8, 4) is 6.07 Å². The molecule has 0 aromatic carbocycles. The minimum atomic E-state index is -0.0830. The second kappa shape index (κ2) is 5.93. The van der Waals surface area contributed by atoms with Gasteiger partial charge in [-0.3, -0.25) is 4.79 Å². The Labute approximate surface area is 136 Å². The Balaban J connectivity index is 1.47. The fourth-order valence-corrected chi connectivity index (χ4v) is 4.69. The lowest BCUT2D eigenvalue weighted by molar-refractivity contribution is -0.0784. The molecular weight excluding hydrogens is 290 g/mol. The van der Waals surface area contributed by atoms with Gasteiger partial charge in [0.2, 0.25) is 0 Å². The number of hydrogen-bond acceptors (Lipinski definition) is 4. The van der Waals surface area contributed by atoms with E-state index in [0.29, 0.717) is 35.1 Å². The standard InChI is InChI=1S/C18H21N3O2/c19-9-13-6-5-12(10-20-13)18(22)21-16-14-7-8-23-17(14)15(16)11-3-1-2-4-11/h5-6,10-11,14-17H,1-4,7-8H2,(H,21,22)/t14-,15+,16-,17-/m0/s1. The fraction of sp³-hybridized carbons (Fsp3) is 0.611. The minimum absolute atomic E-state index is 0.0830. The van der Waals surface area contributed by atoms with Crippen molar-refractivity contribution in [2.45, 2.75) is 44.2 Å². The number of nitrogens with one attached hydrogen (secondary N) is 1. The van der Waals surface area contributed by atoms with Gasteiger partial charge in [-0.15, -0.1) is 0 Å². The highest BCUT2D eigenvalue weighted by molar-refractivity contribution is 5.94. The van der Waals surface area contributed by atoms with E-state index in [1.807, 2.05) is 6.07 Å². The van der Waals surface area contributed by atoms with Crippen LogP contribution < -0.4 is 5.32 Å². The van der Waals surface area contributed by atoms with Crippen molar-refractivity contribution in [3.05, 3.63) is 29.6 Å². The zero-order chi connectivity index (χ0) is 15.8. The second-order valence-electron chi connectivity index (χ2n) is 6.95. The largest absolute Gasteiger partial charge is 0.377 e. The fourth-order valence-electron chi connectivity index (χ4n) is 4.69. The molecule has 0 spiro atoms. The number of carbonyl (C=O) groups is 1. The van der Waals surface area contributed by atoms with Crippen LogP contribution >= 0.6 is 0 Å². The molecule has 4 atom stereocenters. The molecule has 3 fully saturated rings. The first-order valence-electron chi connectivity index (χ1n) is 8.56. The molecule has 3 aliphatic rings. The summed E-state index contributed by atoms with van der Waals surface area (Å²) in [4.78, 5) is 16.5. The maximum Gasteiger partial charge on any atom is 0.253 e. The topological polar surface area (TPSA) is 75.0 Å². The Morgan fingerprint density at radius 2 is 2.13 bits per heavy atom. The molecule has 1 aromatic heterocycles. The molecule has 2 heterocycles. The molecule has 0 unspecified atom stereocenters. The average molecular weight is 311 g/mol. The normalized spacial score (nSPS) is 32.8. The number of pyridine rings is 1. The number of nitrogens with zero attached hydrogens (tertiary/aromatic N) is 2. The van der Waals surface area contributed by atoms with E-state index in [2.05, 4.69) is 10.3 Å². The van der Waals surface area contributed by atoms with Gasteiger partial charge in [0.05, 0.1) is 11.7 Å². The van der Waals surface area contributed by atoms with E-state index in [9.17, 15) is 4.79 Å². The van der Waals surface area contributed by atoms with Crippen LogP contribution in [0.4, 0.5) is 0 Å². The van der Waals surface area contributed by atoms with Gasteiger partial charge in [0, 0.05) is 30.7 Å². The van der Waals surface area contributed by atoms with Gasteiger partial charge in [0.25, 0.3) is 5.91 Å². The summed E-state index contributed by atoms with van der Waals surface area (Å²) in [7, 11) is 0. The van der Waals surface area contributed by atoms with Crippen LogP contribution in [0.3, 0.4) is 0 Å². The smallest absolute Gasteiger partial charge is 0.253 e. The molecule has 23 heavy (non-hydrogen) atoms. The molecule has 2 saturated carbocycles. The summed E-state index contributed by atoms with van der Waals surface area (Å²) >= 11 is 0. The molecule has 4 rings (SSSR count). The van der Waals surface area contributed by atoms with E-state index >= 15 is 0 Å². The minimum Gasteiger partial charge on any atom is -0.377 e. The number of amides is 1. The molecule has 1 saturated heterocycles. The van der Waals surface area contributed by atoms with Crippen molar-refractivity contribution in [3.63, 3.8) is 0 Å². The number of hydrogen-bond donors (Lipinski definition) is 1. The van der Waals surface area contributed by atoms with Crippen molar-refractivity contribution < 1.29 is 9.53 Å². The van der Waals surface area contributed by atoms with Crippen molar-refractivity contribution in [2.24, 2.45) is 17.8 Å². The summed E-state index contributed by atoms with van der Waals surface area (Å²) in [5.74, 6) is 1.55. The SMILES string of the molecule is N#Cc1ccc(C(=O)N[C@H]2[C@@H]3CCO[C@@H]3[C@@H]2C2CCCC2)cn1. The van der Waals surface area contributed by atoms with Gasteiger partial charge in [-0.25, -0.2) is 4.98 Å². The summed E-state index contributed by atoms with van der Waals surface area (Å²) in [5.41, 5.74) is 0.856. The van der Waals surface area contributed by atoms with E-state index in [-0.39, 0.29) is 11.9 Å². The quantitative estimate of drug-likeness (QED) is 0.929. The highest BCUT2D eigenvalue weighted by Crippen LogP contribution is 2.51. The molecule has 0 bridgehead atoms. The summed E-state index contributed by atoms with van der Waals surface area (Å²) < 4.78 is 5.93. The lowest BCUT2D eigenvalue weighted by Gasteiger charge is -2.50. The molecule has 1 aliphatic heterocycles. The Morgan fingerprint density at radius 3 is 2.83 bits per heavy atom.